The number of aromatic nitrogens is 2. The Morgan fingerprint density at radius 1 is 1.35 bits per heavy atom. The lowest BCUT2D eigenvalue weighted by Gasteiger charge is -2.12. The lowest BCUT2D eigenvalue weighted by Crippen LogP contribution is -2.41. The second-order valence-corrected chi connectivity index (χ2v) is 5.85. The van der Waals surface area contributed by atoms with Crippen LogP contribution in [-0.2, 0) is 4.79 Å². The molecule has 0 fully saturated rings. The molecule has 1 amide bonds. The molecule has 1 atom stereocenters. The Morgan fingerprint density at radius 2 is 2.04 bits per heavy atom. The molecule has 1 heterocycles. The highest BCUT2D eigenvalue weighted by molar-refractivity contribution is 7.98. The third kappa shape index (κ3) is 4.49. The van der Waals surface area contributed by atoms with Gasteiger partial charge in [-0.05, 0) is 48.8 Å². The molecular weight excluding hydrogens is 318 g/mol. The second-order valence-electron chi connectivity index (χ2n) is 4.86. The molecule has 0 saturated heterocycles. The molecule has 1 unspecified atom stereocenters. The summed E-state index contributed by atoms with van der Waals surface area (Å²) in [6.45, 7) is 0. The summed E-state index contributed by atoms with van der Waals surface area (Å²) in [5, 5.41) is 27.5. The van der Waals surface area contributed by atoms with Gasteiger partial charge in [-0.1, -0.05) is 0 Å². The van der Waals surface area contributed by atoms with Gasteiger partial charge in [-0.25, -0.2) is 4.79 Å². The zero-order chi connectivity index (χ0) is 16.8. The van der Waals surface area contributed by atoms with Crippen molar-refractivity contribution in [1.29, 1.82) is 0 Å². The summed E-state index contributed by atoms with van der Waals surface area (Å²) in [6, 6.07) is 6.99. The average molecular weight is 335 g/mol. The predicted molar refractivity (Wildman–Crippen MR) is 87.6 cm³/mol. The highest BCUT2D eigenvalue weighted by Gasteiger charge is 2.21. The highest BCUT2D eigenvalue weighted by Crippen LogP contribution is 2.20. The van der Waals surface area contributed by atoms with Crippen LogP contribution in [-0.4, -0.2) is 50.3 Å². The first kappa shape index (κ1) is 16.9. The molecule has 4 N–H and O–H groups in total. The van der Waals surface area contributed by atoms with Crippen LogP contribution in [0.25, 0.3) is 11.3 Å². The van der Waals surface area contributed by atoms with Gasteiger partial charge in [-0.15, -0.1) is 0 Å². The minimum Gasteiger partial charge on any atom is -0.508 e. The molecule has 1 aromatic heterocycles. The summed E-state index contributed by atoms with van der Waals surface area (Å²) in [6.07, 6.45) is 2.22. The van der Waals surface area contributed by atoms with Gasteiger partial charge in [0.2, 0.25) is 0 Å². The van der Waals surface area contributed by atoms with E-state index in [9.17, 15) is 14.7 Å². The monoisotopic (exact) mass is 335 g/mol. The van der Waals surface area contributed by atoms with Gasteiger partial charge in [0, 0.05) is 5.56 Å². The number of carbonyl (C=O) groups excluding carboxylic acids is 1. The van der Waals surface area contributed by atoms with Crippen LogP contribution in [0.2, 0.25) is 0 Å². The van der Waals surface area contributed by atoms with Crippen LogP contribution < -0.4 is 5.32 Å². The number of benzene rings is 1. The number of thioether (sulfide) groups is 1. The largest absolute Gasteiger partial charge is 0.508 e. The molecule has 23 heavy (non-hydrogen) atoms. The topological polar surface area (TPSA) is 115 Å². The van der Waals surface area contributed by atoms with Crippen molar-refractivity contribution in [2.75, 3.05) is 12.0 Å². The van der Waals surface area contributed by atoms with Gasteiger partial charge in [0.15, 0.2) is 0 Å². The van der Waals surface area contributed by atoms with E-state index in [1.807, 2.05) is 6.26 Å². The minimum absolute atomic E-state index is 0.139. The first-order chi connectivity index (χ1) is 11.0. The number of carbonyl (C=O) groups is 2. The van der Waals surface area contributed by atoms with Crippen molar-refractivity contribution >= 4 is 23.6 Å². The summed E-state index contributed by atoms with van der Waals surface area (Å²) in [5.41, 5.74) is 1.45. The zero-order valence-corrected chi connectivity index (χ0v) is 13.3. The van der Waals surface area contributed by atoms with Crippen LogP contribution in [0.1, 0.15) is 16.9 Å². The number of aliphatic carboxylic acids is 1. The van der Waals surface area contributed by atoms with E-state index in [4.69, 9.17) is 5.11 Å². The van der Waals surface area contributed by atoms with Crippen molar-refractivity contribution in [3.63, 3.8) is 0 Å². The van der Waals surface area contributed by atoms with Crippen LogP contribution in [0.5, 0.6) is 5.75 Å². The van der Waals surface area contributed by atoms with Gasteiger partial charge < -0.3 is 15.5 Å². The number of carboxylic acid groups (broad SMARTS) is 1. The molecule has 122 valence electrons. The number of H-pyrrole nitrogens is 1. The Hall–Kier alpha value is -2.48. The van der Waals surface area contributed by atoms with Crippen LogP contribution >= 0.6 is 11.8 Å². The lowest BCUT2D eigenvalue weighted by atomic mass is 10.1. The van der Waals surface area contributed by atoms with Gasteiger partial charge in [0.25, 0.3) is 5.91 Å². The number of carboxylic acids is 1. The van der Waals surface area contributed by atoms with Gasteiger partial charge in [0.1, 0.15) is 17.5 Å². The third-order valence-electron chi connectivity index (χ3n) is 3.20. The van der Waals surface area contributed by atoms with Gasteiger partial charge in [-0.3, -0.25) is 9.89 Å². The molecular formula is C15H17N3O4S. The molecule has 0 aliphatic rings. The molecule has 2 aromatic rings. The number of hydrogen-bond donors (Lipinski definition) is 4. The van der Waals surface area contributed by atoms with Crippen LogP contribution in [0, 0.1) is 0 Å². The molecule has 0 aliphatic heterocycles. The van der Waals surface area contributed by atoms with Crippen molar-refractivity contribution in [3.8, 4) is 17.0 Å². The van der Waals surface area contributed by atoms with Gasteiger partial charge in [0.05, 0.1) is 5.69 Å². The van der Waals surface area contributed by atoms with Crippen molar-refractivity contribution in [3.05, 3.63) is 36.0 Å². The maximum absolute atomic E-state index is 12.1. The number of hydrogen-bond acceptors (Lipinski definition) is 5. The summed E-state index contributed by atoms with van der Waals surface area (Å²) >= 11 is 1.52. The third-order valence-corrected chi connectivity index (χ3v) is 3.84. The number of rotatable bonds is 7. The number of phenols is 1. The van der Waals surface area contributed by atoms with E-state index >= 15 is 0 Å². The summed E-state index contributed by atoms with van der Waals surface area (Å²) in [5.74, 6) is -0.805. The zero-order valence-electron chi connectivity index (χ0n) is 12.4. The quantitative estimate of drug-likeness (QED) is 0.612. The Bertz CT molecular complexity index is 684. The predicted octanol–water partition coefficient (Wildman–Crippen LogP) is 1.72. The molecule has 1 aromatic carbocycles. The molecule has 0 aliphatic carbocycles. The fourth-order valence-electron chi connectivity index (χ4n) is 1.95. The van der Waals surface area contributed by atoms with E-state index in [-0.39, 0.29) is 11.4 Å². The Balaban J connectivity index is 2.08. The summed E-state index contributed by atoms with van der Waals surface area (Å²) in [4.78, 5) is 23.3. The first-order valence-corrected chi connectivity index (χ1v) is 8.28. The molecule has 8 heteroatoms. The molecule has 0 saturated carbocycles. The lowest BCUT2D eigenvalue weighted by molar-refractivity contribution is -0.139. The SMILES string of the molecule is CSCCC(NC(=O)c1cc(-c2ccc(O)cc2)n[nH]1)C(=O)O. The van der Waals surface area contributed by atoms with Gasteiger partial charge in [-0.2, -0.15) is 16.9 Å². The van der Waals surface area contributed by atoms with E-state index in [2.05, 4.69) is 15.5 Å². The number of phenolic OH excluding ortho intramolecular Hbond substituents is 1. The van der Waals surface area contributed by atoms with Crippen molar-refractivity contribution in [2.24, 2.45) is 0 Å². The van der Waals surface area contributed by atoms with Crippen molar-refractivity contribution in [1.82, 2.24) is 15.5 Å². The molecule has 0 radical (unpaired) electrons. The molecule has 2 rings (SSSR count). The number of nitrogens with zero attached hydrogens (tertiary/aromatic N) is 1. The fourth-order valence-corrected chi connectivity index (χ4v) is 2.42. The van der Waals surface area contributed by atoms with E-state index in [0.717, 1.165) is 5.56 Å². The smallest absolute Gasteiger partial charge is 0.326 e. The first-order valence-electron chi connectivity index (χ1n) is 6.88. The summed E-state index contributed by atoms with van der Waals surface area (Å²) < 4.78 is 0. The van der Waals surface area contributed by atoms with E-state index in [1.165, 1.54) is 30.0 Å². The van der Waals surface area contributed by atoms with E-state index in [1.54, 1.807) is 12.1 Å². The maximum Gasteiger partial charge on any atom is 0.326 e. The van der Waals surface area contributed by atoms with Crippen LogP contribution in [0.15, 0.2) is 30.3 Å². The normalized spacial score (nSPS) is 11.9. The Kier molecular flexibility index (Phi) is 5.64. The van der Waals surface area contributed by atoms with Crippen molar-refractivity contribution in [2.45, 2.75) is 12.5 Å². The standard InChI is InChI=1S/C15H17N3O4S/c1-23-7-6-11(15(21)22)16-14(20)13-8-12(17-18-13)9-2-4-10(19)5-3-9/h2-5,8,11,19H,6-7H2,1H3,(H,16,20)(H,17,18)(H,21,22). The van der Waals surface area contributed by atoms with Crippen LogP contribution in [0.3, 0.4) is 0 Å². The Labute approximate surface area is 137 Å². The fraction of sp³-hybridized carbons (Fsp3) is 0.267. The Morgan fingerprint density at radius 3 is 2.65 bits per heavy atom. The molecule has 0 spiro atoms. The van der Waals surface area contributed by atoms with E-state index in [0.29, 0.717) is 17.9 Å². The number of aromatic hydroxyl groups is 1. The number of nitrogens with one attached hydrogen (secondary N) is 2. The second kappa shape index (κ2) is 7.68. The summed E-state index contributed by atoms with van der Waals surface area (Å²) in [7, 11) is 0. The van der Waals surface area contributed by atoms with Gasteiger partial charge >= 0.3 is 5.97 Å². The van der Waals surface area contributed by atoms with Crippen molar-refractivity contribution < 1.29 is 19.8 Å². The number of aromatic amines is 1. The van der Waals surface area contributed by atoms with Crippen LogP contribution in [0.4, 0.5) is 0 Å². The minimum atomic E-state index is -1.06. The number of amides is 1. The molecule has 7 nitrogen and oxygen atoms in total. The maximum atomic E-state index is 12.1. The molecule has 0 bridgehead atoms. The highest BCUT2D eigenvalue weighted by atomic mass is 32.2. The average Bonchev–Trinajstić information content (AvgIpc) is 3.01. The van der Waals surface area contributed by atoms with E-state index < -0.39 is 17.9 Å².